The summed E-state index contributed by atoms with van der Waals surface area (Å²) in [4.78, 5) is 16.2. The fourth-order valence-electron chi connectivity index (χ4n) is 2.94. The van der Waals surface area contributed by atoms with Crippen LogP contribution in [0.5, 0.6) is 0 Å². The van der Waals surface area contributed by atoms with E-state index in [-0.39, 0.29) is 0 Å². The summed E-state index contributed by atoms with van der Waals surface area (Å²) in [5.74, 6) is 0.307. The van der Waals surface area contributed by atoms with Crippen LogP contribution in [0.2, 0.25) is 0 Å². The Morgan fingerprint density at radius 3 is 2.38 bits per heavy atom. The molecule has 16 heavy (non-hydrogen) atoms. The zero-order valence-corrected chi connectivity index (χ0v) is 10.5. The van der Waals surface area contributed by atoms with E-state index in [1.807, 2.05) is 11.9 Å². The van der Waals surface area contributed by atoms with Crippen LogP contribution in [0.25, 0.3) is 0 Å². The molecular weight excluding hydrogens is 200 g/mol. The lowest BCUT2D eigenvalue weighted by molar-refractivity contribution is -0.130. The zero-order valence-electron chi connectivity index (χ0n) is 10.5. The zero-order chi connectivity index (χ0) is 11.4. The van der Waals surface area contributed by atoms with Crippen LogP contribution < -0.4 is 0 Å². The fraction of sp³-hybridized carbons (Fsp3) is 0.923. The Bertz CT molecular complexity index is 234. The first-order valence-corrected chi connectivity index (χ1v) is 6.75. The summed E-state index contributed by atoms with van der Waals surface area (Å²) in [6, 6.07) is 0.679. The lowest BCUT2D eigenvalue weighted by atomic mass is 10.1. The average Bonchev–Trinajstić information content (AvgIpc) is 2.62. The van der Waals surface area contributed by atoms with E-state index in [4.69, 9.17) is 0 Å². The van der Waals surface area contributed by atoms with Gasteiger partial charge >= 0.3 is 0 Å². The molecule has 0 aromatic carbocycles. The number of amides is 1. The van der Waals surface area contributed by atoms with Crippen molar-refractivity contribution in [3.05, 3.63) is 0 Å². The molecule has 92 valence electrons. The molecule has 0 N–H and O–H groups in total. The van der Waals surface area contributed by atoms with Crippen molar-refractivity contribution in [3.63, 3.8) is 0 Å². The molecule has 0 spiro atoms. The minimum atomic E-state index is 0.307. The second-order valence-electron chi connectivity index (χ2n) is 5.28. The van der Waals surface area contributed by atoms with Crippen molar-refractivity contribution in [1.29, 1.82) is 0 Å². The summed E-state index contributed by atoms with van der Waals surface area (Å²) in [6.45, 7) is 2.70. The Hall–Kier alpha value is -0.570. The van der Waals surface area contributed by atoms with Crippen LogP contribution in [0.4, 0.5) is 0 Å². The second-order valence-corrected chi connectivity index (χ2v) is 5.28. The van der Waals surface area contributed by atoms with E-state index in [0.29, 0.717) is 18.5 Å². The van der Waals surface area contributed by atoms with E-state index in [0.717, 1.165) is 19.5 Å². The molecule has 1 aliphatic heterocycles. The van der Waals surface area contributed by atoms with Gasteiger partial charge in [-0.3, -0.25) is 9.69 Å². The first-order valence-electron chi connectivity index (χ1n) is 6.75. The summed E-state index contributed by atoms with van der Waals surface area (Å²) < 4.78 is 0. The number of carbonyl (C=O) groups is 1. The van der Waals surface area contributed by atoms with Crippen molar-refractivity contribution in [2.45, 2.75) is 51.0 Å². The number of hydrogen-bond donors (Lipinski definition) is 0. The third-order valence-electron chi connectivity index (χ3n) is 4.04. The Morgan fingerprint density at radius 2 is 1.69 bits per heavy atom. The molecule has 3 heteroatoms. The van der Waals surface area contributed by atoms with Gasteiger partial charge in [0.25, 0.3) is 0 Å². The van der Waals surface area contributed by atoms with Crippen LogP contribution in [-0.4, -0.2) is 48.4 Å². The highest BCUT2D eigenvalue weighted by Crippen LogP contribution is 2.22. The van der Waals surface area contributed by atoms with Gasteiger partial charge in [0.2, 0.25) is 5.91 Å². The van der Waals surface area contributed by atoms with Crippen molar-refractivity contribution in [3.8, 4) is 0 Å². The van der Waals surface area contributed by atoms with Gasteiger partial charge in [-0.15, -0.1) is 0 Å². The van der Waals surface area contributed by atoms with Crippen molar-refractivity contribution in [2.75, 3.05) is 26.7 Å². The van der Waals surface area contributed by atoms with E-state index >= 15 is 0 Å². The predicted molar refractivity (Wildman–Crippen MR) is 65.3 cm³/mol. The van der Waals surface area contributed by atoms with E-state index in [1.165, 1.54) is 38.5 Å². The average molecular weight is 224 g/mol. The van der Waals surface area contributed by atoms with Crippen LogP contribution in [0.1, 0.15) is 44.9 Å². The highest BCUT2D eigenvalue weighted by Gasteiger charge is 2.25. The van der Waals surface area contributed by atoms with E-state index < -0.39 is 0 Å². The maximum Gasteiger partial charge on any atom is 0.236 e. The number of nitrogens with zero attached hydrogens (tertiary/aromatic N) is 2. The maximum absolute atomic E-state index is 11.8. The first kappa shape index (κ1) is 11.9. The van der Waals surface area contributed by atoms with Gasteiger partial charge < -0.3 is 4.90 Å². The van der Waals surface area contributed by atoms with Crippen molar-refractivity contribution < 1.29 is 4.79 Å². The monoisotopic (exact) mass is 224 g/mol. The number of rotatable bonds is 1. The molecule has 1 saturated heterocycles. The van der Waals surface area contributed by atoms with Gasteiger partial charge in [0.15, 0.2) is 0 Å². The third-order valence-corrected chi connectivity index (χ3v) is 4.04. The Kier molecular flexibility index (Phi) is 4.22. The topological polar surface area (TPSA) is 23.6 Å². The number of carbonyl (C=O) groups excluding carboxylic acids is 1. The molecule has 2 fully saturated rings. The molecule has 0 bridgehead atoms. The highest BCUT2D eigenvalue weighted by molar-refractivity contribution is 5.78. The van der Waals surface area contributed by atoms with Crippen molar-refractivity contribution in [2.24, 2.45) is 0 Å². The summed E-state index contributed by atoms with van der Waals surface area (Å²) in [5, 5.41) is 0. The summed E-state index contributed by atoms with van der Waals surface area (Å²) in [6.07, 6.45) is 9.22. The standard InChI is InChI=1S/C13H24N2O/c1-14-9-6-10-15(11-13(14)16)12-7-4-2-3-5-8-12/h12H,2-11H2,1H3. The minimum Gasteiger partial charge on any atom is -0.345 e. The summed E-state index contributed by atoms with van der Waals surface area (Å²) >= 11 is 0. The van der Waals surface area contributed by atoms with Gasteiger partial charge in [-0.2, -0.15) is 0 Å². The Morgan fingerprint density at radius 1 is 1.00 bits per heavy atom. The SMILES string of the molecule is CN1CCCN(C2CCCCCC2)CC1=O. The molecule has 1 amide bonds. The molecule has 3 nitrogen and oxygen atoms in total. The smallest absolute Gasteiger partial charge is 0.236 e. The van der Waals surface area contributed by atoms with Gasteiger partial charge in [0.05, 0.1) is 6.54 Å². The molecule has 0 unspecified atom stereocenters. The molecule has 0 atom stereocenters. The largest absolute Gasteiger partial charge is 0.345 e. The van der Waals surface area contributed by atoms with Gasteiger partial charge in [0.1, 0.15) is 0 Å². The lowest BCUT2D eigenvalue weighted by Gasteiger charge is -2.28. The highest BCUT2D eigenvalue weighted by atomic mass is 16.2. The molecule has 2 rings (SSSR count). The van der Waals surface area contributed by atoms with Crippen LogP contribution in [-0.2, 0) is 4.79 Å². The molecular formula is C13H24N2O. The molecule has 2 aliphatic rings. The van der Waals surface area contributed by atoms with Crippen LogP contribution in [0.3, 0.4) is 0 Å². The van der Waals surface area contributed by atoms with Crippen LogP contribution >= 0.6 is 0 Å². The molecule has 1 aliphatic carbocycles. The van der Waals surface area contributed by atoms with Gasteiger partial charge in [-0.25, -0.2) is 0 Å². The van der Waals surface area contributed by atoms with Gasteiger partial charge in [-0.1, -0.05) is 25.7 Å². The second kappa shape index (κ2) is 5.67. The Labute approximate surface area is 98.8 Å². The van der Waals surface area contributed by atoms with Crippen LogP contribution in [0.15, 0.2) is 0 Å². The van der Waals surface area contributed by atoms with Gasteiger partial charge in [0, 0.05) is 26.2 Å². The quantitative estimate of drug-likeness (QED) is 0.635. The lowest BCUT2D eigenvalue weighted by Crippen LogP contribution is -2.40. The van der Waals surface area contributed by atoms with E-state index in [9.17, 15) is 4.79 Å². The Balaban J connectivity index is 1.93. The minimum absolute atomic E-state index is 0.307. The summed E-state index contributed by atoms with van der Waals surface area (Å²) in [7, 11) is 1.93. The normalized spacial score (nSPS) is 26.6. The first-order chi connectivity index (χ1) is 7.77. The molecule has 0 aromatic heterocycles. The van der Waals surface area contributed by atoms with E-state index in [2.05, 4.69) is 4.90 Å². The molecule has 1 heterocycles. The number of likely N-dealkylation sites (N-methyl/N-ethyl adjacent to an activating group) is 1. The fourth-order valence-corrected chi connectivity index (χ4v) is 2.94. The third kappa shape index (κ3) is 2.97. The molecule has 1 saturated carbocycles. The van der Waals surface area contributed by atoms with Crippen molar-refractivity contribution in [1.82, 2.24) is 9.80 Å². The summed E-state index contributed by atoms with van der Waals surface area (Å²) in [5.41, 5.74) is 0. The molecule has 0 aromatic rings. The maximum atomic E-state index is 11.8. The van der Waals surface area contributed by atoms with Crippen LogP contribution in [0, 0.1) is 0 Å². The molecule has 0 radical (unpaired) electrons. The van der Waals surface area contributed by atoms with Crippen molar-refractivity contribution >= 4 is 5.91 Å². The number of hydrogen-bond acceptors (Lipinski definition) is 2. The predicted octanol–water partition coefficient (Wildman–Crippen LogP) is 1.87. The van der Waals surface area contributed by atoms with E-state index in [1.54, 1.807) is 0 Å². The van der Waals surface area contributed by atoms with Gasteiger partial charge in [-0.05, 0) is 19.3 Å².